The van der Waals surface area contributed by atoms with Crippen molar-refractivity contribution >= 4 is 62.2 Å². The van der Waals surface area contributed by atoms with E-state index in [2.05, 4.69) is 51.0 Å². The minimum atomic E-state index is -3.58. The normalized spacial score (nSPS) is 12.8. The van der Waals surface area contributed by atoms with Gasteiger partial charge in [-0.1, -0.05) is 38.4 Å². The van der Waals surface area contributed by atoms with Crippen LogP contribution in [0.4, 0.5) is 0 Å². The number of ether oxygens (including phenoxy) is 1. The Morgan fingerprint density at radius 3 is 1.46 bits per heavy atom. The molecule has 0 saturated heterocycles. The van der Waals surface area contributed by atoms with Gasteiger partial charge in [-0.25, -0.2) is 0 Å². The SMILES string of the molecule is C=COCCCOS(C)(=O)=O.CS(=O)(=O)OCC(CBr)(CBr)COS(C)(=O)=O. The molecular formula is C13H26Br2O10S3. The fraction of sp³-hybridized carbons (Fsp3) is 0.846. The number of rotatable bonds is 14. The molecule has 0 aromatic heterocycles. The van der Waals surface area contributed by atoms with Gasteiger partial charge in [0.1, 0.15) is 0 Å². The topological polar surface area (TPSA) is 139 Å². The lowest BCUT2D eigenvalue weighted by atomic mass is 9.97. The van der Waals surface area contributed by atoms with Gasteiger partial charge in [-0.15, -0.1) is 0 Å². The molecule has 0 saturated carbocycles. The molecule has 0 N–H and O–H groups in total. The summed E-state index contributed by atoms with van der Waals surface area (Å²) in [6, 6.07) is 0. The first kappa shape index (κ1) is 30.4. The molecule has 0 aromatic rings. The Balaban J connectivity index is 0. The molecule has 0 spiro atoms. The molecule has 0 aliphatic heterocycles. The zero-order chi connectivity index (χ0) is 22.5. The van der Waals surface area contributed by atoms with Gasteiger partial charge in [-0.2, -0.15) is 25.3 Å². The van der Waals surface area contributed by atoms with Crippen molar-refractivity contribution in [3.8, 4) is 0 Å². The molecule has 0 bridgehead atoms. The van der Waals surface area contributed by atoms with E-state index in [0.717, 1.165) is 18.8 Å². The Labute approximate surface area is 184 Å². The summed E-state index contributed by atoms with van der Waals surface area (Å²) in [5.74, 6) is 0. The van der Waals surface area contributed by atoms with Gasteiger partial charge in [0.15, 0.2) is 0 Å². The predicted molar refractivity (Wildman–Crippen MR) is 113 cm³/mol. The third-order valence-corrected chi connectivity index (χ3v) is 6.61. The van der Waals surface area contributed by atoms with E-state index in [1.807, 2.05) is 0 Å². The Morgan fingerprint density at radius 2 is 1.18 bits per heavy atom. The predicted octanol–water partition coefficient (Wildman–Crippen LogP) is 1.23. The van der Waals surface area contributed by atoms with Crippen molar-refractivity contribution in [2.75, 3.05) is 55.9 Å². The smallest absolute Gasteiger partial charge is 0.264 e. The van der Waals surface area contributed by atoms with Gasteiger partial charge in [-0.3, -0.25) is 12.5 Å². The van der Waals surface area contributed by atoms with Crippen molar-refractivity contribution in [3.05, 3.63) is 12.8 Å². The number of hydrogen-bond donors (Lipinski definition) is 0. The lowest BCUT2D eigenvalue weighted by Gasteiger charge is -2.27. The highest BCUT2D eigenvalue weighted by Crippen LogP contribution is 2.25. The van der Waals surface area contributed by atoms with Gasteiger partial charge < -0.3 is 4.74 Å². The molecule has 0 atom stereocenters. The Morgan fingerprint density at radius 1 is 0.786 bits per heavy atom. The van der Waals surface area contributed by atoms with Gasteiger partial charge in [0.05, 0.1) is 51.5 Å². The lowest BCUT2D eigenvalue weighted by Crippen LogP contribution is -2.37. The standard InChI is InChI=1S/C7H14Br2O6S2.C6H12O4S/c1-16(10,11)14-5-7(3-8,4-9)6-15-17(2,12)13;1-3-9-5-4-6-10-11(2,7)8/h3-6H2,1-2H3;3H,1,4-6H2,2H3. The highest BCUT2D eigenvalue weighted by molar-refractivity contribution is 9.09. The van der Waals surface area contributed by atoms with Crippen LogP contribution < -0.4 is 0 Å². The second-order valence-corrected chi connectivity index (χ2v) is 11.7. The fourth-order valence-corrected chi connectivity index (χ4v) is 4.06. The van der Waals surface area contributed by atoms with Crippen LogP contribution in [0.2, 0.25) is 0 Å². The van der Waals surface area contributed by atoms with E-state index >= 15 is 0 Å². The van der Waals surface area contributed by atoms with Crippen molar-refractivity contribution < 1.29 is 42.5 Å². The summed E-state index contributed by atoms with van der Waals surface area (Å²) in [6.07, 6.45) is 4.72. The van der Waals surface area contributed by atoms with Crippen LogP contribution in [0.25, 0.3) is 0 Å². The molecule has 170 valence electrons. The second kappa shape index (κ2) is 14.3. The van der Waals surface area contributed by atoms with E-state index in [1.54, 1.807) is 0 Å². The molecule has 10 nitrogen and oxygen atoms in total. The number of alkyl halides is 2. The molecule has 0 radical (unpaired) electrons. The molecule has 15 heteroatoms. The molecule has 0 unspecified atom stereocenters. The van der Waals surface area contributed by atoms with Gasteiger partial charge in [0.2, 0.25) is 0 Å². The maximum absolute atomic E-state index is 10.9. The van der Waals surface area contributed by atoms with E-state index in [9.17, 15) is 25.3 Å². The summed E-state index contributed by atoms with van der Waals surface area (Å²) < 4.78 is 82.9. The zero-order valence-corrected chi connectivity index (χ0v) is 21.4. The van der Waals surface area contributed by atoms with Crippen LogP contribution in [-0.4, -0.2) is 81.1 Å². The van der Waals surface area contributed by atoms with E-state index in [1.165, 1.54) is 6.26 Å². The quantitative estimate of drug-likeness (QED) is 0.124. The Bertz CT molecular complexity index is 705. The summed E-state index contributed by atoms with van der Waals surface area (Å²) in [5, 5.41) is 0.659. The molecule has 0 amide bonds. The Kier molecular flexibility index (Phi) is 15.5. The maximum atomic E-state index is 10.9. The average Bonchev–Trinajstić information content (AvgIpc) is 2.53. The fourth-order valence-electron chi connectivity index (χ4n) is 1.13. The van der Waals surface area contributed by atoms with Crippen LogP contribution in [-0.2, 0) is 47.6 Å². The van der Waals surface area contributed by atoms with Crippen molar-refractivity contribution in [3.63, 3.8) is 0 Å². The van der Waals surface area contributed by atoms with Crippen LogP contribution in [0.3, 0.4) is 0 Å². The first-order chi connectivity index (χ1) is 12.6. The number of halogens is 2. The minimum Gasteiger partial charge on any atom is -0.502 e. The first-order valence-corrected chi connectivity index (χ1v) is 15.2. The summed E-state index contributed by atoms with van der Waals surface area (Å²) in [5.41, 5.74) is -0.772. The van der Waals surface area contributed by atoms with Crippen molar-refractivity contribution in [2.24, 2.45) is 5.41 Å². The molecule has 0 fully saturated rings. The van der Waals surface area contributed by atoms with Gasteiger partial charge >= 0.3 is 0 Å². The van der Waals surface area contributed by atoms with Crippen LogP contribution >= 0.6 is 31.9 Å². The highest BCUT2D eigenvalue weighted by Gasteiger charge is 2.32. The molecule has 0 aliphatic carbocycles. The monoisotopic (exact) mass is 596 g/mol. The Hall–Kier alpha value is 0.230. The maximum Gasteiger partial charge on any atom is 0.264 e. The van der Waals surface area contributed by atoms with Gasteiger partial charge in [0.25, 0.3) is 30.4 Å². The van der Waals surface area contributed by atoms with Crippen LogP contribution in [0.15, 0.2) is 12.8 Å². The van der Waals surface area contributed by atoms with Crippen molar-refractivity contribution in [1.29, 1.82) is 0 Å². The van der Waals surface area contributed by atoms with Gasteiger partial charge in [-0.05, 0) is 0 Å². The van der Waals surface area contributed by atoms with Crippen LogP contribution in [0.1, 0.15) is 6.42 Å². The third-order valence-electron chi connectivity index (χ3n) is 2.55. The molecular weight excluding hydrogens is 572 g/mol. The molecule has 0 rings (SSSR count). The zero-order valence-electron chi connectivity index (χ0n) is 15.8. The molecule has 0 heterocycles. The van der Waals surface area contributed by atoms with Crippen LogP contribution in [0.5, 0.6) is 0 Å². The van der Waals surface area contributed by atoms with Gasteiger partial charge in [0, 0.05) is 22.5 Å². The number of hydrogen-bond acceptors (Lipinski definition) is 10. The molecule has 28 heavy (non-hydrogen) atoms. The van der Waals surface area contributed by atoms with E-state index in [0.29, 0.717) is 23.7 Å². The van der Waals surface area contributed by atoms with E-state index in [-0.39, 0.29) is 19.8 Å². The lowest BCUT2D eigenvalue weighted by molar-refractivity contribution is 0.129. The summed E-state index contributed by atoms with van der Waals surface area (Å²) >= 11 is 6.38. The van der Waals surface area contributed by atoms with E-state index < -0.39 is 35.8 Å². The second-order valence-electron chi connectivity index (χ2n) is 5.62. The average molecular weight is 598 g/mol. The third kappa shape index (κ3) is 21.0. The molecule has 0 aromatic carbocycles. The summed E-state index contributed by atoms with van der Waals surface area (Å²) in [4.78, 5) is 0. The minimum absolute atomic E-state index is 0.159. The largest absolute Gasteiger partial charge is 0.502 e. The first-order valence-electron chi connectivity index (χ1n) is 7.47. The molecule has 0 aliphatic rings. The summed E-state index contributed by atoms with van der Waals surface area (Å²) in [6.45, 7) is 3.58. The van der Waals surface area contributed by atoms with Crippen LogP contribution in [0, 0.1) is 5.41 Å². The van der Waals surface area contributed by atoms with Crippen molar-refractivity contribution in [1.82, 2.24) is 0 Å². The van der Waals surface area contributed by atoms with E-state index in [4.69, 9.17) is 4.74 Å². The highest BCUT2D eigenvalue weighted by atomic mass is 79.9. The summed E-state index contributed by atoms with van der Waals surface area (Å²) in [7, 11) is -10.4. The van der Waals surface area contributed by atoms with Crippen molar-refractivity contribution in [2.45, 2.75) is 6.42 Å².